The molecule has 1 saturated heterocycles. The van der Waals surface area contributed by atoms with E-state index in [9.17, 15) is 13.2 Å². The summed E-state index contributed by atoms with van der Waals surface area (Å²) in [6.07, 6.45) is 5.43. The summed E-state index contributed by atoms with van der Waals surface area (Å²) in [5, 5.41) is 3.18. The second-order valence-electron chi connectivity index (χ2n) is 8.73. The lowest BCUT2D eigenvalue weighted by Crippen LogP contribution is -2.45. The molecule has 1 fully saturated rings. The molecule has 1 aromatic carbocycles. The van der Waals surface area contributed by atoms with Gasteiger partial charge in [-0.15, -0.1) is 0 Å². The number of nitrogens with zero attached hydrogens (tertiary/aromatic N) is 3. The van der Waals surface area contributed by atoms with Crippen molar-refractivity contribution in [2.45, 2.75) is 31.8 Å². The normalized spacial score (nSPS) is 19.7. The molecule has 2 aromatic rings. The summed E-state index contributed by atoms with van der Waals surface area (Å²) in [6, 6.07) is 12.8. The number of aryl methyl sites for hydroxylation is 1. The monoisotopic (exact) mass is 444 g/mol. The zero-order valence-corrected chi connectivity index (χ0v) is 19.1. The smallest absolute Gasteiger partial charge is 0.223 e. The van der Waals surface area contributed by atoms with Crippen LogP contribution in [0.15, 0.2) is 42.6 Å². The highest BCUT2D eigenvalue weighted by molar-refractivity contribution is 7.88. The Bertz CT molecular complexity index is 1020. The minimum absolute atomic E-state index is 0.0322. The summed E-state index contributed by atoms with van der Waals surface area (Å²) in [7, 11) is -1.14. The molecule has 2 aliphatic rings. The second kappa shape index (κ2) is 9.14. The Kier molecular flexibility index (Phi) is 6.50. The maximum absolute atomic E-state index is 12.9. The van der Waals surface area contributed by atoms with Gasteiger partial charge >= 0.3 is 0 Å². The van der Waals surface area contributed by atoms with Crippen LogP contribution >= 0.6 is 0 Å². The summed E-state index contributed by atoms with van der Waals surface area (Å²) < 4.78 is 27.0. The van der Waals surface area contributed by atoms with Gasteiger partial charge in [0.1, 0.15) is 0 Å². The highest BCUT2D eigenvalue weighted by Gasteiger charge is 2.31. The van der Waals surface area contributed by atoms with Crippen LogP contribution in [0.5, 0.6) is 0 Å². The van der Waals surface area contributed by atoms with Crippen LogP contribution in [0.1, 0.15) is 35.7 Å². The number of sulfonamides is 1. The number of piperidine rings is 1. The summed E-state index contributed by atoms with van der Waals surface area (Å²) >= 11 is 0. The number of hydrogen-bond acceptors (Lipinski definition) is 4. The summed E-state index contributed by atoms with van der Waals surface area (Å²) in [4.78, 5) is 15.3. The molecule has 0 radical (unpaired) electrons. The second-order valence-corrected chi connectivity index (χ2v) is 10.7. The fourth-order valence-electron chi connectivity index (χ4n) is 4.82. The molecule has 8 heteroatoms. The predicted octanol–water partition coefficient (Wildman–Crippen LogP) is 1.91. The van der Waals surface area contributed by atoms with Crippen LogP contribution in [0.2, 0.25) is 0 Å². The molecule has 1 unspecified atom stereocenters. The first-order chi connectivity index (χ1) is 14.8. The van der Waals surface area contributed by atoms with Gasteiger partial charge in [-0.2, -0.15) is 0 Å². The van der Waals surface area contributed by atoms with Crippen LogP contribution in [0.3, 0.4) is 0 Å². The molecule has 7 nitrogen and oxygen atoms in total. The average Bonchev–Trinajstić information content (AvgIpc) is 3.19. The fourth-order valence-corrected chi connectivity index (χ4v) is 5.69. The fraction of sp³-hybridized carbons (Fsp3) is 0.522. The Balaban J connectivity index is 1.42. The van der Waals surface area contributed by atoms with E-state index in [1.807, 2.05) is 19.3 Å². The number of hydrogen-bond donors (Lipinski definition) is 1. The molecular formula is C23H32N4O3S. The van der Waals surface area contributed by atoms with E-state index in [2.05, 4.69) is 45.1 Å². The van der Waals surface area contributed by atoms with Crippen molar-refractivity contribution in [1.29, 1.82) is 0 Å². The quantitative estimate of drug-likeness (QED) is 0.739. The Hall–Kier alpha value is -2.16. The number of nitrogens with one attached hydrogen (secondary N) is 1. The van der Waals surface area contributed by atoms with Crippen LogP contribution in [-0.4, -0.2) is 60.5 Å². The van der Waals surface area contributed by atoms with E-state index >= 15 is 0 Å². The van der Waals surface area contributed by atoms with E-state index in [1.54, 1.807) is 0 Å². The van der Waals surface area contributed by atoms with E-state index in [-0.39, 0.29) is 17.9 Å². The number of carbonyl (C=O) groups excluding carboxylic acids is 1. The Morgan fingerprint density at radius 3 is 2.45 bits per heavy atom. The zero-order chi connectivity index (χ0) is 22.0. The van der Waals surface area contributed by atoms with Gasteiger partial charge in [0.2, 0.25) is 15.9 Å². The van der Waals surface area contributed by atoms with Crippen LogP contribution < -0.4 is 5.32 Å². The minimum atomic E-state index is -3.18. The van der Waals surface area contributed by atoms with E-state index in [1.165, 1.54) is 27.4 Å². The Morgan fingerprint density at radius 1 is 1.10 bits per heavy atom. The molecule has 0 bridgehead atoms. The predicted molar refractivity (Wildman–Crippen MR) is 121 cm³/mol. The maximum atomic E-state index is 12.9. The third-order valence-corrected chi connectivity index (χ3v) is 7.99. The SMILES string of the molecule is Cn1cccc1C(CNC(=O)C1CCN(S(C)(=O)=O)CC1)N1CCc2ccccc2C1. The molecule has 1 atom stereocenters. The minimum Gasteiger partial charge on any atom is -0.354 e. The van der Waals surface area contributed by atoms with Crippen molar-refractivity contribution < 1.29 is 13.2 Å². The molecule has 168 valence electrons. The molecule has 1 aromatic heterocycles. The lowest BCUT2D eigenvalue weighted by Gasteiger charge is -2.36. The molecule has 0 aliphatic carbocycles. The first-order valence-electron chi connectivity index (χ1n) is 11.0. The van der Waals surface area contributed by atoms with Gasteiger partial charge in [-0.1, -0.05) is 24.3 Å². The molecule has 4 rings (SSSR count). The Labute approximate surface area is 185 Å². The van der Waals surface area contributed by atoms with Crippen molar-refractivity contribution >= 4 is 15.9 Å². The van der Waals surface area contributed by atoms with Gasteiger partial charge in [-0.25, -0.2) is 12.7 Å². The molecular weight excluding hydrogens is 412 g/mol. The van der Waals surface area contributed by atoms with Gasteiger partial charge in [0.25, 0.3) is 0 Å². The summed E-state index contributed by atoms with van der Waals surface area (Å²) in [5.41, 5.74) is 3.95. The molecule has 1 N–H and O–H groups in total. The van der Waals surface area contributed by atoms with Gasteiger partial charge in [0.05, 0.1) is 12.3 Å². The van der Waals surface area contributed by atoms with E-state index in [0.717, 1.165) is 19.5 Å². The highest BCUT2D eigenvalue weighted by Crippen LogP contribution is 2.28. The number of amides is 1. The van der Waals surface area contributed by atoms with Gasteiger partial charge in [-0.3, -0.25) is 9.69 Å². The number of rotatable bonds is 6. The van der Waals surface area contributed by atoms with E-state index < -0.39 is 10.0 Å². The van der Waals surface area contributed by atoms with Gasteiger partial charge in [0.15, 0.2) is 0 Å². The van der Waals surface area contributed by atoms with Crippen molar-refractivity contribution in [3.05, 3.63) is 59.4 Å². The maximum Gasteiger partial charge on any atom is 0.223 e. The zero-order valence-electron chi connectivity index (χ0n) is 18.3. The molecule has 0 spiro atoms. The summed E-state index contributed by atoms with van der Waals surface area (Å²) in [6.45, 7) is 3.21. The third kappa shape index (κ3) is 5.02. The van der Waals surface area contributed by atoms with Crippen LogP contribution in [0, 0.1) is 5.92 Å². The largest absolute Gasteiger partial charge is 0.354 e. The highest BCUT2D eigenvalue weighted by atomic mass is 32.2. The first-order valence-corrected chi connectivity index (χ1v) is 12.8. The van der Waals surface area contributed by atoms with Crippen LogP contribution in [0.25, 0.3) is 0 Å². The van der Waals surface area contributed by atoms with Crippen molar-refractivity contribution in [3.8, 4) is 0 Å². The van der Waals surface area contributed by atoms with Gasteiger partial charge in [-0.05, 0) is 42.5 Å². The lowest BCUT2D eigenvalue weighted by molar-refractivity contribution is -0.126. The third-order valence-electron chi connectivity index (χ3n) is 6.69. The molecule has 0 saturated carbocycles. The molecule has 31 heavy (non-hydrogen) atoms. The number of fused-ring (bicyclic) bond motifs is 1. The number of benzene rings is 1. The molecule has 3 heterocycles. The molecule has 2 aliphatic heterocycles. The van der Waals surface area contributed by atoms with Crippen molar-refractivity contribution in [3.63, 3.8) is 0 Å². The van der Waals surface area contributed by atoms with Crippen LogP contribution in [0.4, 0.5) is 0 Å². The van der Waals surface area contributed by atoms with Crippen molar-refractivity contribution in [1.82, 2.24) is 19.1 Å². The molecule has 1 amide bonds. The average molecular weight is 445 g/mol. The van der Waals surface area contributed by atoms with Crippen molar-refractivity contribution in [2.24, 2.45) is 13.0 Å². The number of carbonyl (C=O) groups is 1. The van der Waals surface area contributed by atoms with Gasteiger partial charge < -0.3 is 9.88 Å². The first kappa shape index (κ1) is 22.0. The van der Waals surface area contributed by atoms with E-state index in [4.69, 9.17) is 0 Å². The lowest BCUT2D eigenvalue weighted by atomic mass is 9.96. The van der Waals surface area contributed by atoms with E-state index in [0.29, 0.717) is 32.5 Å². The van der Waals surface area contributed by atoms with Crippen LogP contribution in [-0.2, 0) is 34.8 Å². The topological polar surface area (TPSA) is 74.6 Å². The Morgan fingerprint density at radius 2 is 1.81 bits per heavy atom. The standard InChI is InChI=1S/C23H32N4O3S/c1-25-12-5-8-21(25)22(26-13-9-18-6-3-4-7-20(18)17-26)16-24-23(28)19-10-14-27(15-11-19)31(2,29)30/h3-8,12,19,22H,9-11,13-17H2,1-2H3,(H,24,28). The number of aromatic nitrogens is 1. The van der Waals surface area contributed by atoms with Gasteiger partial charge in [0, 0.05) is 57.6 Å². The van der Waals surface area contributed by atoms with Crippen molar-refractivity contribution in [2.75, 3.05) is 32.4 Å². The summed E-state index contributed by atoms with van der Waals surface area (Å²) in [5.74, 6) is -0.0982.